The molecule has 0 bridgehead atoms. The van der Waals surface area contributed by atoms with Crippen molar-refractivity contribution in [1.29, 1.82) is 0 Å². The number of methoxy groups -OCH3 is 1. The van der Waals surface area contributed by atoms with Crippen molar-refractivity contribution in [3.05, 3.63) is 100 Å². The molecule has 1 unspecified atom stereocenters. The van der Waals surface area contributed by atoms with Crippen molar-refractivity contribution in [2.45, 2.75) is 5.60 Å². The fourth-order valence-corrected chi connectivity index (χ4v) is 3.12. The van der Waals surface area contributed by atoms with Gasteiger partial charge in [-0.25, -0.2) is 8.78 Å². The van der Waals surface area contributed by atoms with E-state index in [0.29, 0.717) is 0 Å². The van der Waals surface area contributed by atoms with Crippen molar-refractivity contribution >= 4 is 11.6 Å². The molecule has 0 saturated carbocycles. The van der Waals surface area contributed by atoms with Crippen molar-refractivity contribution < 1.29 is 18.6 Å². The smallest absolute Gasteiger partial charge is 0.171 e. The second-order valence-electron chi connectivity index (χ2n) is 5.52. The topological polar surface area (TPSA) is 29.5 Å². The highest BCUT2D eigenvalue weighted by Gasteiger charge is 2.38. The molecule has 0 spiro atoms. The average Bonchev–Trinajstić information content (AvgIpc) is 2.62. The Bertz CT molecular complexity index is 896. The predicted octanol–water partition coefficient (Wildman–Crippen LogP) is 4.91. The van der Waals surface area contributed by atoms with Gasteiger partial charge in [-0.1, -0.05) is 54.1 Å². The Hall–Kier alpha value is -2.43. The second kappa shape index (κ2) is 6.82. The van der Waals surface area contributed by atoms with E-state index in [2.05, 4.69) is 0 Å². The van der Waals surface area contributed by atoms with Crippen LogP contribution >= 0.6 is 11.6 Å². The molecule has 3 rings (SSSR count). The van der Waals surface area contributed by atoms with Gasteiger partial charge in [-0.05, 0) is 29.8 Å². The Morgan fingerprint density at radius 1 is 0.880 bits per heavy atom. The Kier molecular flexibility index (Phi) is 4.75. The third-order valence-corrected chi connectivity index (χ3v) is 4.43. The maximum atomic E-state index is 14.9. The van der Waals surface area contributed by atoms with E-state index in [0.717, 1.165) is 0 Å². The molecule has 0 amide bonds. The normalized spacial score (nSPS) is 13.3. The molecule has 0 aliphatic heterocycles. The number of ether oxygens (including phenoxy) is 1. The van der Waals surface area contributed by atoms with Gasteiger partial charge in [0.1, 0.15) is 11.4 Å². The van der Waals surface area contributed by atoms with E-state index >= 15 is 0 Å². The summed E-state index contributed by atoms with van der Waals surface area (Å²) in [4.78, 5) is 0. The molecule has 0 aromatic heterocycles. The zero-order valence-corrected chi connectivity index (χ0v) is 14.1. The molecule has 25 heavy (non-hydrogen) atoms. The zero-order chi connectivity index (χ0) is 18.0. The molecule has 0 heterocycles. The van der Waals surface area contributed by atoms with Crippen LogP contribution in [-0.4, -0.2) is 12.2 Å². The summed E-state index contributed by atoms with van der Waals surface area (Å²) in [6.45, 7) is 0. The summed E-state index contributed by atoms with van der Waals surface area (Å²) < 4.78 is 33.3. The minimum absolute atomic E-state index is 0.00918. The monoisotopic (exact) mass is 360 g/mol. The van der Waals surface area contributed by atoms with Crippen LogP contribution in [0.4, 0.5) is 8.78 Å². The highest BCUT2D eigenvalue weighted by atomic mass is 35.5. The van der Waals surface area contributed by atoms with Crippen molar-refractivity contribution in [1.82, 2.24) is 0 Å². The minimum Gasteiger partial charge on any atom is -0.494 e. The van der Waals surface area contributed by atoms with Gasteiger partial charge in [-0.3, -0.25) is 0 Å². The predicted molar refractivity (Wildman–Crippen MR) is 92.9 cm³/mol. The van der Waals surface area contributed by atoms with Gasteiger partial charge < -0.3 is 9.84 Å². The van der Waals surface area contributed by atoms with Gasteiger partial charge in [0, 0.05) is 16.1 Å². The summed E-state index contributed by atoms with van der Waals surface area (Å²) in [5.74, 6) is -1.18. The largest absolute Gasteiger partial charge is 0.494 e. The van der Waals surface area contributed by atoms with Crippen molar-refractivity contribution in [3.63, 3.8) is 0 Å². The lowest BCUT2D eigenvalue weighted by atomic mass is 9.80. The van der Waals surface area contributed by atoms with Crippen LogP contribution in [0.15, 0.2) is 66.7 Å². The molecule has 3 aromatic carbocycles. The van der Waals surface area contributed by atoms with E-state index in [1.165, 1.54) is 43.5 Å². The lowest BCUT2D eigenvalue weighted by Crippen LogP contribution is -2.30. The molecule has 0 saturated heterocycles. The summed E-state index contributed by atoms with van der Waals surface area (Å²) in [7, 11) is 1.34. The first-order valence-corrected chi connectivity index (χ1v) is 7.92. The fraction of sp³-hybridized carbons (Fsp3) is 0.100. The molecular formula is C20H15ClF2O2. The summed E-state index contributed by atoms with van der Waals surface area (Å²) in [6, 6.07) is 16.3. The van der Waals surface area contributed by atoms with E-state index in [1.54, 1.807) is 30.3 Å². The number of hydrogen-bond donors (Lipinski definition) is 1. The van der Waals surface area contributed by atoms with Gasteiger partial charge in [0.15, 0.2) is 11.6 Å². The van der Waals surface area contributed by atoms with Gasteiger partial charge in [-0.15, -0.1) is 0 Å². The lowest BCUT2D eigenvalue weighted by molar-refractivity contribution is 0.120. The third-order valence-electron chi connectivity index (χ3n) is 4.10. The Morgan fingerprint density at radius 2 is 1.52 bits per heavy atom. The SMILES string of the molecule is COc1cccc(C(O)(c2ccc(F)cc2)c2ccccc2Cl)c1F. The number of halogens is 3. The number of hydrogen-bond acceptors (Lipinski definition) is 2. The van der Waals surface area contributed by atoms with Gasteiger partial charge in [0.05, 0.1) is 7.11 Å². The zero-order valence-electron chi connectivity index (χ0n) is 13.3. The van der Waals surface area contributed by atoms with Crippen molar-refractivity contribution in [2.75, 3.05) is 7.11 Å². The fourth-order valence-electron chi connectivity index (χ4n) is 2.85. The van der Waals surface area contributed by atoms with Gasteiger partial charge in [0.25, 0.3) is 0 Å². The van der Waals surface area contributed by atoms with E-state index in [4.69, 9.17) is 16.3 Å². The maximum absolute atomic E-state index is 14.9. The lowest BCUT2D eigenvalue weighted by Gasteiger charge is -2.31. The Morgan fingerprint density at radius 3 is 2.16 bits per heavy atom. The van der Waals surface area contributed by atoms with Crippen LogP contribution in [0.25, 0.3) is 0 Å². The maximum Gasteiger partial charge on any atom is 0.171 e. The first-order valence-electron chi connectivity index (χ1n) is 7.55. The highest BCUT2D eigenvalue weighted by molar-refractivity contribution is 6.31. The van der Waals surface area contributed by atoms with Crippen LogP contribution in [0.1, 0.15) is 16.7 Å². The number of benzene rings is 3. The highest BCUT2D eigenvalue weighted by Crippen LogP contribution is 2.42. The van der Waals surface area contributed by atoms with Crippen LogP contribution in [-0.2, 0) is 5.60 Å². The van der Waals surface area contributed by atoms with Gasteiger partial charge in [0.2, 0.25) is 0 Å². The molecular weight excluding hydrogens is 346 g/mol. The van der Waals surface area contributed by atoms with Gasteiger partial charge >= 0.3 is 0 Å². The van der Waals surface area contributed by atoms with E-state index in [1.807, 2.05) is 0 Å². The molecule has 128 valence electrons. The standard InChI is InChI=1S/C20H15ClF2O2/c1-25-18-8-4-6-16(19(18)23)20(24,13-9-11-14(22)12-10-13)15-5-2-3-7-17(15)21/h2-12,24H,1H3. The molecule has 3 aromatic rings. The third kappa shape index (κ3) is 2.99. The minimum atomic E-state index is -1.91. The first kappa shape index (κ1) is 17.4. The molecule has 1 atom stereocenters. The summed E-state index contributed by atoms with van der Waals surface area (Å²) in [5, 5.41) is 11.9. The molecule has 2 nitrogen and oxygen atoms in total. The Balaban J connectivity index is 2.34. The summed E-state index contributed by atoms with van der Waals surface area (Å²) in [5.41, 5.74) is -1.37. The van der Waals surface area contributed by atoms with Crippen LogP contribution in [0.2, 0.25) is 5.02 Å². The van der Waals surface area contributed by atoms with E-state index in [-0.39, 0.29) is 27.5 Å². The van der Waals surface area contributed by atoms with Crippen molar-refractivity contribution in [2.24, 2.45) is 0 Å². The molecule has 5 heteroatoms. The van der Waals surface area contributed by atoms with Gasteiger partial charge in [-0.2, -0.15) is 0 Å². The van der Waals surface area contributed by atoms with Crippen LogP contribution in [0.5, 0.6) is 5.75 Å². The molecule has 1 N–H and O–H groups in total. The molecule has 0 aliphatic rings. The van der Waals surface area contributed by atoms with Crippen LogP contribution in [0.3, 0.4) is 0 Å². The number of rotatable bonds is 4. The van der Waals surface area contributed by atoms with Crippen molar-refractivity contribution in [3.8, 4) is 5.75 Å². The Labute approximate surface area is 149 Å². The molecule has 0 aliphatic carbocycles. The van der Waals surface area contributed by atoms with E-state index in [9.17, 15) is 13.9 Å². The summed E-state index contributed by atoms with van der Waals surface area (Å²) in [6.07, 6.45) is 0. The van der Waals surface area contributed by atoms with E-state index < -0.39 is 17.2 Å². The number of aliphatic hydroxyl groups is 1. The quantitative estimate of drug-likeness (QED) is 0.670. The van der Waals surface area contributed by atoms with Crippen LogP contribution < -0.4 is 4.74 Å². The summed E-state index contributed by atoms with van der Waals surface area (Å²) >= 11 is 6.28. The molecule has 0 fully saturated rings. The second-order valence-corrected chi connectivity index (χ2v) is 5.93. The van der Waals surface area contributed by atoms with Crippen LogP contribution in [0, 0.1) is 11.6 Å². The molecule has 0 radical (unpaired) electrons. The first-order chi connectivity index (χ1) is 12.0. The average molecular weight is 361 g/mol.